The zero-order valence-electron chi connectivity index (χ0n) is 46.7. The van der Waals surface area contributed by atoms with Gasteiger partial charge in [-0.1, -0.05) is 36.4 Å². The molecule has 0 aliphatic rings. The van der Waals surface area contributed by atoms with Gasteiger partial charge in [-0.3, -0.25) is 0 Å². The molecule has 398 valence electrons. The second kappa shape index (κ2) is 33.4. The van der Waals surface area contributed by atoms with Gasteiger partial charge in [-0.15, -0.1) is 0 Å². The van der Waals surface area contributed by atoms with E-state index < -0.39 is 33.2 Å². The van der Waals surface area contributed by atoms with Gasteiger partial charge in [-0.25, -0.2) is 29.9 Å². The van der Waals surface area contributed by atoms with Crippen LogP contribution in [0.1, 0.15) is 125 Å². The number of nitrogens with zero attached hydrogens (tertiary/aromatic N) is 12. The molecular weight excluding hydrogens is 1190 g/mol. The Balaban J connectivity index is 0. The molecule has 0 aliphatic heterocycles. The fourth-order valence-electron chi connectivity index (χ4n) is 4.91. The third kappa shape index (κ3) is 28.4. The molecule has 20 heteroatoms. The number of hydrogen-bond acceptors (Lipinski definition) is 18. The van der Waals surface area contributed by atoms with Gasteiger partial charge in [0.2, 0.25) is 0 Å². The summed E-state index contributed by atoms with van der Waals surface area (Å²) in [5, 5.41) is 74.6. The smallest absolute Gasteiger partial charge is 0.757 e. The monoisotopic (exact) mass is 1270 g/mol. The minimum Gasteiger partial charge on any atom is -0.757 e. The van der Waals surface area contributed by atoms with E-state index in [2.05, 4.69) is 29.9 Å². The van der Waals surface area contributed by atoms with Crippen LogP contribution in [0.25, 0.3) is 0 Å². The SMILES string of the molecule is CC(C)(C)N([O-])c1ccccn1.CC(C)(C)N([O-])c1ccccn1.CC(C)(C)N([O-])c1ccccn1.CC(C)(C)N([O-])c1ccccn1.CC(C)(C)N([O-])c1ccccn1.CC(C)(C)N([O-])c1ccccn1.[Ce+3].[Ce+3]. The Morgan fingerprint density at radius 3 is 0.405 bits per heavy atom. The Bertz CT molecular complexity index is 1890. The van der Waals surface area contributed by atoms with Crippen LogP contribution < -0.4 is 30.4 Å². The summed E-state index contributed by atoms with van der Waals surface area (Å²) in [7, 11) is 0. The number of anilines is 6. The maximum Gasteiger partial charge on any atom is 3.00 e. The van der Waals surface area contributed by atoms with Crippen molar-refractivity contribution in [2.45, 2.75) is 158 Å². The summed E-state index contributed by atoms with van der Waals surface area (Å²) in [5.41, 5.74) is -2.53. The Hall–Kier alpha value is -3.79. The van der Waals surface area contributed by atoms with Gasteiger partial charge in [0.25, 0.3) is 0 Å². The molecule has 0 fully saturated rings. The summed E-state index contributed by atoms with van der Waals surface area (Å²) in [6.45, 7) is 33.4. The van der Waals surface area contributed by atoms with E-state index in [1.165, 1.54) is 0 Å². The van der Waals surface area contributed by atoms with Crippen LogP contribution in [0, 0.1) is 115 Å². The number of aromatic nitrogens is 6. The molecular formula is C54H78Ce2N12O6. The molecule has 2 radical (unpaired) electrons. The van der Waals surface area contributed by atoms with Gasteiger partial charge in [0.15, 0.2) is 0 Å². The van der Waals surface area contributed by atoms with Crippen LogP contribution in [0.4, 0.5) is 34.9 Å². The van der Waals surface area contributed by atoms with Gasteiger partial charge in [0.1, 0.15) is 34.9 Å². The van der Waals surface area contributed by atoms with Crippen molar-refractivity contribution in [2.24, 2.45) is 0 Å². The molecule has 0 N–H and O–H groups in total. The zero-order chi connectivity index (χ0) is 55.1. The fraction of sp³-hybridized carbons (Fsp3) is 0.444. The molecule has 0 amide bonds. The largest absolute Gasteiger partial charge is 3.00 e. The molecule has 0 unspecified atom stereocenters. The minimum atomic E-state index is -0.422. The van der Waals surface area contributed by atoms with Crippen molar-refractivity contribution in [1.29, 1.82) is 0 Å². The third-order valence-electron chi connectivity index (χ3n) is 8.80. The quantitative estimate of drug-likeness (QED) is 0.141. The van der Waals surface area contributed by atoms with E-state index in [0.29, 0.717) is 34.9 Å². The van der Waals surface area contributed by atoms with Crippen LogP contribution >= 0.6 is 0 Å². The molecule has 74 heavy (non-hydrogen) atoms. The van der Waals surface area contributed by atoms with Crippen LogP contribution in [-0.4, -0.2) is 63.1 Å². The van der Waals surface area contributed by atoms with E-state index in [1.54, 1.807) is 146 Å². The van der Waals surface area contributed by atoms with Crippen LogP contribution in [-0.2, 0) is 0 Å². The molecule has 6 aromatic heterocycles. The maximum absolute atomic E-state index is 11.5. The standard InChI is InChI=1S/6C9H13N2O.2Ce/c6*1-9(2,3)11(12)8-6-4-5-7-10-8;;/h6*4-7H,1-3H3;;/q6*-1;2*+3. The van der Waals surface area contributed by atoms with E-state index in [9.17, 15) is 31.2 Å². The van der Waals surface area contributed by atoms with Crippen LogP contribution in [0.15, 0.2) is 146 Å². The van der Waals surface area contributed by atoms with E-state index in [4.69, 9.17) is 0 Å². The molecule has 6 aromatic rings. The van der Waals surface area contributed by atoms with Gasteiger partial charge in [-0.05, 0) is 197 Å². The average molecular weight is 1270 g/mol. The van der Waals surface area contributed by atoms with Crippen molar-refractivity contribution in [3.05, 3.63) is 178 Å². The van der Waals surface area contributed by atoms with E-state index >= 15 is 0 Å². The predicted molar refractivity (Wildman–Crippen MR) is 299 cm³/mol. The molecule has 0 saturated carbocycles. The van der Waals surface area contributed by atoms with Gasteiger partial charge in [-0.2, -0.15) is 0 Å². The molecule has 0 aliphatic carbocycles. The Kier molecular flexibility index (Phi) is 32.6. The minimum absolute atomic E-state index is 0. The van der Waals surface area contributed by atoms with Gasteiger partial charge >= 0.3 is 83.5 Å². The maximum atomic E-state index is 11.5. The second-order valence-electron chi connectivity index (χ2n) is 21.9. The van der Waals surface area contributed by atoms with Gasteiger partial charge in [0.05, 0.1) is 0 Å². The van der Waals surface area contributed by atoms with Crippen molar-refractivity contribution < 1.29 is 83.5 Å². The first kappa shape index (κ1) is 72.3. The van der Waals surface area contributed by atoms with Gasteiger partial charge in [0, 0.05) is 70.4 Å². The first-order valence-electron chi connectivity index (χ1n) is 23.4. The van der Waals surface area contributed by atoms with E-state index in [1.807, 2.05) is 125 Å². The molecule has 0 saturated heterocycles. The van der Waals surface area contributed by atoms with Crippen LogP contribution in [0.2, 0.25) is 0 Å². The molecule has 18 nitrogen and oxygen atoms in total. The second-order valence-corrected chi connectivity index (χ2v) is 21.9. The first-order chi connectivity index (χ1) is 33.1. The van der Waals surface area contributed by atoms with Crippen molar-refractivity contribution >= 4 is 34.9 Å². The number of hydrogen-bond donors (Lipinski definition) is 0. The fourth-order valence-corrected chi connectivity index (χ4v) is 4.91. The summed E-state index contributed by atoms with van der Waals surface area (Å²) in [4.78, 5) is 23.8. The summed E-state index contributed by atoms with van der Waals surface area (Å²) >= 11 is 0. The summed E-state index contributed by atoms with van der Waals surface area (Å²) in [6.07, 6.45) is 9.70. The van der Waals surface area contributed by atoms with Crippen LogP contribution in [0.3, 0.4) is 0 Å². The number of hydroxylamine groups is 6. The predicted octanol–water partition coefficient (Wildman–Crippen LogP) is 13.1. The van der Waals surface area contributed by atoms with Crippen molar-refractivity contribution in [2.75, 3.05) is 30.4 Å². The van der Waals surface area contributed by atoms with Crippen LogP contribution in [0.5, 0.6) is 0 Å². The molecule has 6 heterocycles. The molecule has 6 rings (SSSR count). The van der Waals surface area contributed by atoms with E-state index in [-0.39, 0.29) is 83.5 Å². The normalized spacial score (nSPS) is 11.0. The summed E-state index contributed by atoms with van der Waals surface area (Å²) in [5.74, 6) is 2.78. The van der Waals surface area contributed by atoms with Crippen molar-refractivity contribution in [3.8, 4) is 0 Å². The molecule has 0 aromatic carbocycles. The summed E-state index contributed by atoms with van der Waals surface area (Å²) in [6, 6.07) is 31.8. The van der Waals surface area contributed by atoms with Gasteiger partial charge < -0.3 is 61.6 Å². The van der Waals surface area contributed by atoms with Crippen molar-refractivity contribution in [1.82, 2.24) is 29.9 Å². The number of pyridine rings is 6. The Morgan fingerprint density at radius 2 is 0.338 bits per heavy atom. The number of rotatable bonds is 6. The average Bonchev–Trinajstić information content (AvgIpc) is 3.33. The topological polar surface area (TPSA) is 235 Å². The summed E-state index contributed by atoms with van der Waals surface area (Å²) < 4.78 is 0. The Labute approximate surface area is 509 Å². The first-order valence-corrected chi connectivity index (χ1v) is 23.4. The molecule has 0 atom stereocenters. The molecule has 0 bridgehead atoms. The van der Waals surface area contributed by atoms with Crippen molar-refractivity contribution in [3.63, 3.8) is 0 Å². The Morgan fingerprint density at radius 1 is 0.230 bits per heavy atom. The molecule has 0 spiro atoms. The van der Waals surface area contributed by atoms with E-state index in [0.717, 1.165) is 30.4 Å². The zero-order valence-corrected chi connectivity index (χ0v) is 53.0. The third-order valence-corrected chi connectivity index (χ3v) is 8.80.